The standard InChI is InChI=1S/C29H35N7O/c1-20-6-3-7-21-8-4-10-26(27(20)21)36-17-24-25(18-36)32-29(37-19-23-9-5-14-34(23)2)33-28(24)35-15-13-31-22(16-35)11-12-30/h3-4,6-8,10,22-23,31H,5,9,11,13-19H2,1-2H3. The minimum Gasteiger partial charge on any atom is -0.462 e. The van der Waals surface area contributed by atoms with Crippen LogP contribution in [-0.2, 0) is 13.1 Å². The van der Waals surface area contributed by atoms with E-state index in [4.69, 9.17) is 14.7 Å². The lowest BCUT2D eigenvalue weighted by atomic mass is 10.0. The lowest BCUT2D eigenvalue weighted by Gasteiger charge is -2.34. The Morgan fingerprint density at radius 1 is 1.11 bits per heavy atom. The zero-order valence-corrected chi connectivity index (χ0v) is 21.8. The van der Waals surface area contributed by atoms with Crippen molar-refractivity contribution >= 4 is 22.3 Å². The van der Waals surface area contributed by atoms with Crippen LogP contribution in [0.15, 0.2) is 36.4 Å². The van der Waals surface area contributed by atoms with Crippen molar-refractivity contribution in [2.45, 2.75) is 51.4 Å². The van der Waals surface area contributed by atoms with E-state index in [2.05, 4.69) is 76.5 Å². The van der Waals surface area contributed by atoms with Crippen LogP contribution in [0.4, 0.5) is 11.5 Å². The van der Waals surface area contributed by atoms with E-state index in [1.165, 1.54) is 34.0 Å². The SMILES string of the molecule is Cc1cccc2cccc(N3Cc4nc(OCC5CCCN5C)nc(N5CCNC(CC#N)C5)c4C3)c12. The summed E-state index contributed by atoms with van der Waals surface area (Å²) in [6.45, 7) is 7.84. The molecule has 6 rings (SSSR count). The zero-order valence-electron chi connectivity index (χ0n) is 21.8. The minimum atomic E-state index is 0.138. The number of anilines is 2. The number of likely N-dealkylation sites (N-methyl/N-ethyl adjacent to an activating group) is 1. The molecule has 8 nitrogen and oxygen atoms in total. The zero-order chi connectivity index (χ0) is 25.4. The molecule has 2 unspecified atom stereocenters. The van der Waals surface area contributed by atoms with Crippen molar-refractivity contribution in [1.29, 1.82) is 5.26 Å². The number of likely N-dealkylation sites (tertiary alicyclic amines) is 1. The molecule has 0 saturated carbocycles. The predicted octanol–water partition coefficient (Wildman–Crippen LogP) is 3.62. The van der Waals surface area contributed by atoms with Gasteiger partial charge in [0, 0.05) is 54.9 Å². The van der Waals surface area contributed by atoms with Crippen LogP contribution < -0.4 is 19.9 Å². The molecule has 4 heterocycles. The van der Waals surface area contributed by atoms with Crippen molar-refractivity contribution < 1.29 is 4.74 Å². The summed E-state index contributed by atoms with van der Waals surface area (Å²) in [5.74, 6) is 0.962. The second-order valence-corrected chi connectivity index (χ2v) is 10.6. The van der Waals surface area contributed by atoms with Crippen LogP contribution in [0.3, 0.4) is 0 Å². The van der Waals surface area contributed by atoms with E-state index in [-0.39, 0.29) is 6.04 Å². The Balaban J connectivity index is 1.34. The summed E-state index contributed by atoms with van der Waals surface area (Å²) in [6.07, 6.45) is 2.85. The Kier molecular flexibility index (Phi) is 6.58. The van der Waals surface area contributed by atoms with Gasteiger partial charge in [0.15, 0.2) is 0 Å². The van der Waals surface area contributed by atoms with E-state index in [0.717, 1.165) is 57.2 Å². The van der Waals surface area contributed by atoms with Gasteiger partial charge in [-0.2, -0.15) is 15.2 Å². The van der Waals surface area contributed by atoms with Crippen LogP contribution in [0.5, 0.6) is 6.01 Å². The first-order chi connectivity index (χ1) is 18.1. The molecular formula is C29H35N7O. The summed E-state index contributed by atoms with van der Waals surface area (Å²) in [7, 11) is 2.16. The van der Waals surface area contributed by atoms with Crippen LogP contribution in [-0.4, -0.2) is 66.8 Å². The fourth-order valence-corrected chi connectivity index (χ4v) is 6.11. The van der Waals surface area contributed by atoms with Gasteiger partial charge in [0.25, 0.3) is 0 Å². The number of hydrogen-bond donors (Lipinski definition) is 1. The van der Waals surface area contributed by atoms with Gasteiger partial charge in [-0.3, -0.25) is 0 Å². The largest absolute Gasteiger partial charge is 0.462 e. The fourth-order valence-electron chi connectivity index (χ4n) is 6.11. The summed E-state index contributed by atoms with van der Waals surface area (Å²) >= 11 is 0. The highest BCUT2D eigenvalue weighted by atomic mass is 16.5. The number of hydrogen-bond acceptors (Lipinski definition) is 8. The van der Waals surface area contributed by atoms with Gasteiger partial charge in [0.2, 0.25) is 0 Å². The third-order valence-electron chi connectivity index (χ3n) is 8.14. The highest BCUT2D eigenvalue weighted by molar-refractivity contribution is 5.97. The van der Waals surface area contributed by atoms with Gasteiger partial charge in [-0.15, -0.1) is 0 Å². The van der Waals surface area contributed by atoms with Gasteiger partial charge >= 0.3 is 6.01 Å². The smallest absolute Gasteiger partial charge is 0.318 e. The Morgan fingerprint density at radius 2 is 1.97 bits per heavy atom. The number of fused-ring (bicyclic) bond motifs is 2. The number of aromatic nitrogens is 2. The van der Waals surface area contributed by atoms with Crippen LogP contribution in [0, 0.1) is 18.3 Å². The van der Waals surface area contributed by atoms with E-state index in [1.807, 2.05) is 0 Å². The molecule has 0 radical (unpaired) electrons. The molecule has 2 fully saturated rings. The first-order valence-corrected chi connectivity index (χ1v) is 13.4. The van der Waals surface area contributed by atoms with Crippen molar-refractivity contribution in [3.05, 3.63) is 53.2 Å². The number of nitrogens with zero attached hydrogens (tertiary/aromatic N) is 6. The second kappa shape index (κ2) is 10.2. The van der Waals surface area contributed by atoms with Gasteiger partial charge in [-0.05, 0) is 50.4 Å². The molecule has 8 heteroatoms. The van der Waals surface area contributed by atoms with E-state index >= 15 is 0 Å². The summed E-state index contributed by atoms with van der Waals surface area (Å²) in [5, 5.41) is 15.3. The maximum atomic E-state index is 9.27. The van der Waals surface area contributed by atoms with E-state index in [1.54, 1.807) is 0 Å². The maximum Gasteiger partial charge on any atom is 0.318 e. The average molecular weight is 498 g/mol. The van der Waals surface area contributed by atoms with Crippen LogP contribution >= 0.6 is 0 Å². The molecule has 0 amide bonds. The number of nitrogens with one attached hydrogen (secondary N) is 1. The minimum absolute atomic E-state index is 0.138. The molecule has 1 aromatic heterocycles. The summed E-state index contributed by atoms with van der Waals surface area (Å²) in [6, 6.07) is 16.4. The topological polar surface area (TPSA) is 80.6 Å². The number of benzene rings is 2. The number of piperazine rings is 1. The van der Waals surface area contributed by atoms with Crippen molar-refractivity contribution in [3.63, 3.8) is 0 Å². The number of aryl methyl sites for hydroxylation is 1. The maximum absolute atomic E-state index is 9.27. The summed E-state index contributed by atoms with van der Waals surface area (Å²) < 4.78 is 6.24. The third-order valence-corrected chi connectivity index (χ3v) is 8.14. The molecule has 37 heavy (non-hydrogen) atoms. The van der Waals surface area contributed by atoms with E-state index in [9.17, 15) is 5.26 Å². The Labute approximate surface area is 218 Å². The lowest BCUT2D eigenvalue weighted by Crippen LogP contribution is -2.51. The molecule has 3 aliphatic heterocycles. The summed E-state index contributed by atoms with van der Waals surface area (Å²) in [4.78, 5) is 17.0. The molecule has 2 aromatic carbocycles. The number of rotatable bonds is 6. The van der Waals surface area contributed by atoms with Gasteiger partial charge in [0.05, 0.1) is 24.7 Å². The summed E-state index contributed by atoms with van der Waals surface area (Å²) in [5.41, 5.74) is 4.73. The van der Waals surface area contributed by atoms with Crippen LogP contribution in [0.25, 0.3) is 10.8 Å². The van der Waals surface area contributed by atoms with E-state index < -0.39 is 0 Å². The van der Waals surface area contributed by atoms with Crippen LogP contribution in [0.1, 0.15) is 36.1 Å². The third kappa shape index (κ3) is 4.70. The molecule has 1 N–H and O–H groups in total. The van der Waals surface area contributed by atoms with Gasteiger partial charge < -0.3 is 24.8 Å². The normalized spacial score (nSPS) is 21.9. The molecule has 0 aliphatic carbocycles. The molecule has 0 bridgehead atoms. The Bertz CT molecular complexity index is 1330. The fraction of sp³-hybridized carbons (Fsp3) is 0.483. The van der Waals surface area contributed by atoms with Gasteiger partial charge in [-0.25, -0.2) is 0 Å². The number of nitriles is 1. The van der Waals surface area contributed by atoms with Gasteiger partial charge in [0.1, 0.15) is 12.4 Å². The van der Waals surface area contributed by atoms with Crippen molar-refractivity contribution in [1.82, 2.24) is 20.2 Å². The predicted molar refractivity (Wildman–Crippen MR) is 146 cm³/mol. The quantitative estimate of drug-likeness (QED) is 0.553. The van der Waals surface area contributed by atoms with Crippen LogP contribution in [0.2, 0.25) is 0 Å². The molecule has 3 aliphatic rings. The Morgan fingerprint density at radius 3 is 2.78 bits per heavy atom. The molecule has 2 atom stereocenters. The Hall–Kier alpha value is -3.41. The van der Waals surface area contributed by atoms with Gasteiger partial charge in [-0.1, -0.05) is 30.3 Å². The molecule has 0 spiro atoms. The monoisotopic (exact) mass is 497 g/mol. The first-order valence-electron chi connectivity index (χ1n) is 13.4. The average Bonchev–Trinajstić information content (AvgIpc) is 3.53. The first kappa shape index (κ1) is 24.0. The van der Waals surface area contributed by atoms with E-state index in [0.29, 0.717) is 25.1 Å². The van der Waals surface area contributed by atoms with Crippen molar-refractivity contribution in [2.24, 2.45) is 0 Å². The molecule has 2 saturated heterocycles. The van der Waals surface area contributed by atoms with Crippen molar-refractivity contribution in [3.8, 4) is 12.1 Å². The molecule has 192 valence electrons. The lowest BCUT2D eigenvalue weighted by molar-refractivity contribution is 0.187. The highest BCUT2D eigenvalue weighted by Crippen LogP contribution is 2.38. The van der Waals surface area contributed by atoms with Crippen molar-refractivity contribution in [2.75, 3.05) is 49.6 Å². The molecular weight excluding hydrogens is 462 g/mol. The number of ether oxygens (including phenoxy) is 1. The molecule has 3 aromatic rings. The highest BCUT2D eigenvalue weighted by Gasteiger charge is 2.31. The second-order valence-electron chi connectivity index (χ2n) is 10.6.